The van der Waals surface area contributed by atoms with Gasteiger partial charge >= 0.3 is 0 Å². The van der Waals surface area contributed by atoms with Gasteiger partial charge in [-0.15, -0.1) is 0 Å². The standard InChI is InChI=1S/C14H19F2N3O2/c1-2-9-8-18(6-5-12(9)17)13-4-3-10(19(20)21)7-11(13)14(15)16/h3-4,7,9,12,14H,2,5-6,8,17H2,1H3. The largest absolute Gasteiger partial charge is 0.371 e. The monoisotopic (exact) mass is 299 g/mol. The number of nitrogens with zero attached hydrogens (tertiary/aromatic N) is 2. The van der Waals surface area contributed by atoms with E-state index in [1.807, 2.05) is 11.8 Å². The fourth-order valence-electron chi connectivity index (χ4n) is 2.82. The molecule has 2 unspecified atom stereocenters. The number of nitrogens with two attached hydrogens (primary N) is 1. The summed E-state index contributed by atoms with van der Waals surface area (Å²) >= 11 is 0. The van der Waals surface area contributed by atoms with E-state index in [2.05, 4.69) is 0 Å². The highest BCUT2D eigenvalue weighted by molar-refractivity contribution is 5.59. The lowest BCUT2D eigenvalue weighted by molar-refractivity contribution is -0.385. The van der Waals surface area contributed by atoms with E-state index in [9.17, 15) is 18.9 Å². The second-order valence-corrected chi connectivity index (χ2v) is 5.37. The number of rotatable bonds is 4. The number of hydrogen-bond donors (Lipinski definition) is 1. The maximum absolute atomic E-state index is 13.2. The van der Waals surface area contributed by atoms with Gasteiger partial charge in [-0.1, -0.05) is 13.3 Å². The zero-order chi connectivity index (χ0) is 15.6. The Morgan fingerprint density at radius 2 is 2.24 bits per heavy atom. The first kappa shape index (κ1) is 15.6. The van der Waals surface area contributed by atoms with Crippen LogP contribution in [0.2, 0.25) is 0 Å². The molecule has 1 saturated heterocycles. The van der Waals surface area contributed by atoms with Gasteiger partial charge in [0.25, 0.3) is 12.1 Å². The van der Waals surface area contributed by atoms with Crippen LogP contribution < -0.4 is 10.6 Å². The summed E-state index contributed by atoms with van der Waals surface area (Å²) in [6.07, 6.45) is -1.12. The van der Waals surface area contributed by atoms with Gasteiger partial charge in [0.15, 0.2) is 0 Å². The van der Waals surface area contributed by atoms with Crippen molar-refractivity contribution in [2.75, 3.05) is 18.0 Å². The Morgan fingerprint density at radius 3 is 2.81 bits per heavy atom. The molecule has 0 saturated carbocycles. The SMILES string of the molecule is CCC1CN(c2ccc([N+](=O)[O-])cc2C(F)F)CCC1N. The molecule has 7 heteroatoms. The summed E-state index contributed by atoms with van der Waals surface area (Å²) in [6, 6.07) is 3.74. The molecule has 2 rings (SSSR count). The number of alkyl halides is 2. The van der Waals surface area contributed by atoms with E-state index in [-0.39, 0.29) is 23.2 Å². The van der Waals surface area contributed by atoms with Crippen LogP contribution in [0.1, 0.15) is 31.8 Å². The molecule has 5 nitrogen and oxygen atoms in total. The third-order valence-corrected chi connectivity index (χ3v) is 4.11. The van der Waals surface area contributed by atoms with Crippen molar-refractivity contribution in [3.05, 3.63) is 33.9 Å². The molecular weight excluding hydrogens is 280 g/mol. The molecule has 1 aliphatic rings. The molecule has 2 atom stereocenters. The number of nitro groups is 1. The Balaban J connectivity index is 2.32. The molecule has 1 fully saturated rings. The summed E-state index contributed by atoms with van der Waals surface area (Å²) in [4.78, 5) is 11.9. The summed E-state index contributed by atoms with van der Waals surface area (Å²) in [6.45, 7) is 3.22. The highest BCUT2D eigenvalue weighted by Crippen LogP contribution is 2.35. The van der Waals surface area contributed by atoms with E-state index in [0.29, 0.717) is 18.8 Å². The number of nitro benzene ring substituents is 1. The Kier molecular flexibility index (Phi) is 4.72. The Labute approximate surface area is 121 Å². The highest BCUT2D eigenvalue weighted by Gasteiger charge is 2.28. The number of halogens is 2. The van der Waals surface area contributed by atoms with E-state index in [4.69, 9.17) is 5.73 Å². The zero-order valence-electron chi connectivity index (χ0n) is 11.8. The molecule has 0 aliphatic carbocycles. The van der Waals surface area contributed by atoms with E-state index in [1.54, 1.807) is 0 Å². The fraction of sp³-hybridized carbons (Fsp3) is 0.571. The number of non-ortho nitro benzene ring substituents is 1. The van der Waals surface area contributed by atoms with Gasteiger partial charge in [0.2, 0.25) is 0 Å². The molecule has 0 spiro atoms. The van der Waals surface area contributed by atoms with Crippen LogP contribution in [-0.2, 0) is 0 Å². The molecule has 0 amide bonds. The maximum atomic E-state index is 13.2. The Bertz CT molecular complexity index is 525. The summed E-state index contributed by atoms with van der Waals surface area (Å²) in [5.74, 6) is 0.250. The van der Waals surface area contributed by atoms with Gasteiger partial charge in [0.05, 0.1) is 4.92 Å². The van der Waals surface area contributed by atoms with Crippen molar-refractivity contribution in [2.45, 2.75) is 32.2 Å². The molecule has 2 N–H and O–H groups in total. The van der Waals surface area contributed by atoms with E-state index in [1.165, 1.54) is 12.1 Å². The van der Waals surface area contributed by atoms with Gasteiger partial charge in [-0.3, -0.25) is 10.1 Å². The molecule has 0 bridgehead atoms. The number of hydrogen-bond acceptors (Lipinski definition) is 4. The van der Waals surface area contributed by atoms with Crippen LogP contribution in [0, 0.1) is 16.0 Å². The quantitative estimate of drug-likeness (QED) is 0.685. The van der Waals surface area contributed by atoms with Crippen LogP contribution in [-0.4, -0.2) is 24.1 Å². The molecule has 0 aromatic heterocycles. The minimum atomic E-state index is -2.74. The van der Waals surface area contributed by atoms with Gasteiger partial charge in [0, 0.05) is 42.5 Å². The first-order valence-corrected chi connectivity index (χ1v) is 7.01. The smallest absolute Gasteiger partial charge is 0.270 e. The van der Waals surface area contributed by atoms with Crippen LogP contribution in [0.5, 0.6) is 0 Å². The number of benzene rings is 1. The molecule has 0 radical (unpaired) electrons. The first-order valence-electron chi connectivity index (χ1n) is 7.01. The fourth-order valence-corrected chi connectivity index (χ4v) is 2.82. The minimum absolute atomic E-state index is 0.0827. The third kappa shape index (κ3) is 3.29. The van der Waals surface area contributed by atoms with E-state index < -0.39 is 11.3 Å². The average Bonchev–Trinajstić information content (AvgIpc) is 2.47. The van der Waals surface area contributed by atoms with Gasteiger partial charge in [-0.2, -0.15) is 0 Å². The minimum Gasteiger partial charge on any atom is -0.371 e. The van der Waals surface area contributed by atoms with Gasteiger partial charge in [-0.25, -0.2) is 8.78 Å². The first-order chi connectivity index (χ1) is 9.93. The average molecular weight is 299 g/mol. The molecule has 21 heavy (non-hydrogen) atoms. The maximum Gasteiger partial charge on any atom is 0.270 e. The van der Waals surface area contributed by atoms with Gasteiger partial charge < -0.3 is 10.6 Å². The summed E-state index contributed by atoms with van der Waals surface area (Å²) in [5.41, 5.74) is 5.81. The predicted molar refractivity (Wildman–Crippen MR) is 76.6 cm³/mol. The van der Waals surface area contributed by atoms with Crippen molar-refractivity contribution in [1.29, 1.82) is 0 Å². The van der Waals surface area contributed by atoms with Crippen molar-refractivity contribution in [2.24, 2.45) is 11.7 Å². The summed E-state index contributed by atoms with van der Waals surface area (Å²) in [5, 5.41) is 10.7. The van der Waals surface area contributed by atoms with Crippen molar-refractivity contribution in [3.63, 3.8) is 0 Å². The number of piperidine rings is 1. The van der Waals surface area contributed by atoms with Crippen LogP contribution in [0.4, 0.5) is 20.2 Å². The predicted octanol–water partition coefficient (Wildman–Crippen LogP) is 3.10. The van der Waals surface area contributed by atoms with Gasteiger partial charge in [0.1, 0.15) is 0 Å². The normalized spacial score (nSPS) is 22.6. The number of anilines is 1. The molecule has 1 heterocycles. The van der Waals surface area contributed by atoms with Crippen LogP contribution >= 0.6 is 0 Å². The third-order valence-electron chi connectivity index (χ3n) is 4.11. The molecule has 1 aromatic carbocycles. The van der Waals surface area contributed by atoms with Crippen LogP contribution in [0.25, 0.3) is 0 Å². The highest BCUT2D eigenvalue weighted by atomic mass is 19.3. The molecule has 1 aliphatic heterocycles. The molecule has 1 aromatic rings. The lowest BCUT2D eigenvalue weighted by Gasteiger charge is -2.38. The van der Waals surface area contributed by atoms with E-state index >= 15 is 0 Å². The molecular formula is C14H19F2N3O2. The Hall–Kier alpha value is -1.76. The van der Waals surface area contributed by atoms with Crippen LogP contribution in [0.15, 0.2) is 18.2 Å². The van der Waals surface area contributed by atoms with Crippen molar-refractivity contribution in [1.82, 2.24) is 0 Å². The van der Waals surface area contributed by atoms with E-state index in [0.717, 1.165) is 18.9 Å². The Morgan fingerprint density at radius 1 is 1.52 bits per heavy atom. The second-order valence-electron chi connectivity index (χ2n) is 5.37. The van der Waals surface area contributed by atoms with Crippen molar-refractivity contribution >= 4 is 11.4 Å². The second kappa shape index (κ2) is 6.34. The van der Waals surface area contributed by atoms with Gasteiger partial charge in [-0.05, 0) is 18.4 Å². The lowest BCUT2D eigenvalue weighted by Crippen LogP contribution is -2.47. The molecule has 116 valence electrons. The lowest BCUT2D eigenvalue weighted by atomic mass is 9.90. The summed E-state index contributed by atoms with van der Waals surface area (Å²) < 4.78 is 26.4. The van der Waals surface area contributed by atoms with Crippen molar-refractivity contribution < 1.29 is 13.7 Å². The summed E-state index contributed by atoms with van der Waals surface area (Å²) in [7, 11) is 0. The van der Waals surface area contributed by atoms with Crippen molar-refractivity contribution in [3.8, 4) is 0 Å². The van der Waals surface area contributed by atoms with Crippen LogP contribution in [0.3, 0.4) is 0 Å². The topological polar surface area (TPSA) is 72.4 Å². The zero-order valence-corrected chi connectivity index (χ0v) is 11.8.